The van der Waals surface area contributed by atoms with Crippen LogP contribution >= 0.6 is 0 Å². The molecule has 0 aliphatic carbocycles. The fourth-order valence-electron chi connectivity index (χ4n) is 0.926. The molecule has 0 aromatic heterocycles. The average molecular weight is 155 g/mol. The third-order valence-electron chi connectivity index (χ3n) is 1.62. The maximum Gasteiger partial charge on any atom is 0.0572 e. The van der Waals surface area contributed by atoms with E-state index < -0.39 is 0 Å². The van der Waals surface area contributed by atoms with Gasteiger partial charge in [-0.15, -0.1) is 0 Å². The highest BCUT2D eigenvalue weighted by Gasteiger charge is 2.22. The smallest absolute Gasteiger partial charge is 0.0572 e. The second-order valence-electron chi connectivity index (χ2n) is 2.66. The maximum atomic E-state index is 7.21. The molecule has 11 heavy (non-hydrogen) atoms. The fourth-order valence-corrected chi connectivity index (χ4v) is 0.926. The van der Waals surface area contributed by atoms with Crippen LogP contribution in [0.4, 0.5) is 0 Å². The van der Waals surface area contributed by atoms with Crippen molar-refractivity contribution < 1.29 is 4.74 Å². The lowest BCUT2D eigenvalue weighted by atomic mass is 10.0. The van der Waals surface area contributed by atoms with Crippen LogP contribution in [-0.4, -0.2) is 18.9 Å². The Bertz CT molecular complexity index is 184. The van der Waals surface area contributed by atoms with Gasteiger partial charge in [0.25, 0.3) is 0 Å². The summed E-state index contributed by atoms with van der Waals surface area (Å²) in [6.45, 7) is 3.14. The van der Waals surface area contributed by atoms with Gasteiger partial charge in [-0.25, -0.2) is 0 Å². The highest BCUT2D eigenvalue weighted by atomic mass is 16.5. The van der Waals surface area contributed by atoms with Crippen molar-refractivity contribution >= 4 is 5.71 Å². The SMILES string of the molecule is CC(=N)/C=C(\NN)C1COC1. The van der Waals surface area contributed by atoms with Crippen LogP contribution in [0.15, 0.2) is 11.8 Å². The summed E-state index contributed by atoms with van der Waals surface area (Å²) in [5.41, 5.74) is 3.97. The normalized spacial score (nSPS) is 19.3. The summed E-state index contributed by atoms with van der Waals surface area (Å²) in [6.07, 6.45) is 1.73. The summed E-state index contributed by atoms with van der Waals surface area (Å²) in [7, 11) is 0. The second kappa shape index (κ2) is 3.50. The highest BCUT2D eigenvalue weighted by Crippen LogP contribution is 2.16. The van der Waals surface area contributed by atoms with Crippen LogP contribution in [0.3, 0.4) is 0 Å². The minimum Gasteiger partial charge on any atom is -0.380 e. The van der Waals surface area contributed by atoms with E-state index in [4.69, 9.17) is 16.0 Å². The molecule has 1 saturated heterocycles. The molecule has 0 spiro atoms. The van der Waals surface area contributed by atoms with Crippen molar-refractivity contribution in [1.29, 1.82) is 5.41 Å². The van der Waals surface area contributed by atoms with E-state index in [1.807, 2.05) is 0 Å². The lowest BCUT2D eigenvalue weighted by Crippen LogP contribution is -2.37. The van der Waals surface area contributed by atoms with Gasteiger partial charge in [0.05, 0.1) is 13.2 Å². The van der Waals surface area contributed by atoms with E-state index in [0.29, 0.717) is 24.8 Å². The molecule has 4 N–H and O–H groups in total. The van der Waals surface area contributed by atoms with Crippen LogP contribution in [0.5, 0.6) is 0 Å². The van der Waals surface area contributed by atoms with Gasteiger partial charge in [0, 0.05) is 17.3 Å². The topological polar surface area (TPSA) is 71.1 Å². The third kappa shape index (κ3) is 2.03. The van der Waals surface area contributed by atoms with Gasteiger partial charge in [-0.05, 0) is 13.0 Å². The van der Waals surface area contributed by atoms with Gasteiger partial charge in [0.2, 0.25) is 0 Å². The molecule has 4 nitrogen and oxygen atoms in total. The summed E-state index contributed by atoms with van der Waals surface area (Å²) < 4.78 is 4.99. The van der Waals surface area contributed by atoms with Gasteiger partial charge in [0.15, 0.2) is 0 Å². The number of hydrogen-bond acceptors (Lipinski definition) is 4. The molecule has 1 aliphatic heterocycles. The molecule has 0 aromatic rings. The van der Waals surface area contributed by atoms with Crippen molar-refractivity contribution in [3.8, 4) is 0 Å². The summed E-state index contributed by atoms with van der Waals surface area (Å²) >= 11 is 0. The van der Waals surface area contributed by atoms with Gasteiger partial charge in [-0.1, -0.05) is 0 Å². The van der Waals surface area contributed by atoms with Gasteiger partial charge in [-0.2, -0.15) is 0 Å². The van der Waals surface area contributed by atoms with Crippen molar-refractivity contribution in [3.05, 3.63) is 11.8 Å². The molecule has 1 heterocycles. The number of nitrogens with one attached hydrogen (secondary N) is 2. The number of hydrogen-bond donors (Lipinski definition) is 3. The third-order valence-corrected chi connectivity index (χ3v) is 1.62. The molecule has 1 aliphatic rings. The van der Waals surface area contributed by atoms with Crippen LogP contribution in [0.2, 0.25) is 0 Å². The molecule has 0 saturated carbocycles. The Morgan fingerprint density at radius 1 is 1.73 bits per heavy atom. The average Bonchev–Trinajstić information content (AvgIpc) is 1.81. The number of allylic oxidation sites excluding steroid dienone is 1. The standard InChI is InChI=1S/C7H13N3O/c1-5(8)2-7(10-9)6-3-11-4-6/h2,6,8,10H,3-4,9H2,1H3/b7-2-,8-5?. The van der Waals surface area contributed by atoms with Crippen molar-refractivity contribution in [3.63, 3.8) is 0 Å². The van der Waals surface area contributed by atoms with Gasteiger partial charge < -0.3 is 15.6 Å². The molecule has 1 fully saturated rings. The zero-order valence-electron chi connectivity index (χ0n) is 6.55. The van der Waals surface area contributed by atoms with Crippen LogP contribution in [0.1, 0.15) is 6.92 Å². The monoisotopic (exact) mass is 155 g/mol. The van der Waals surface area contributed by atoms with Crippen LogP contribution in [-0.2, 0) is 4.74 Å². The maximum absolute atomic E-state index is 7.21. The van der Waals surface area contributed by atoms with Crippen LogP contribution in [0, 0.1) is 11.3 Å². The molecule has 62 valence electrons. The lowest BCUT2D eigenvalue weighted by Gasteiger charge is -2.27. The quantitative estimate of drug-likeness (QED) is 0.305. The van der Waals surface area contributed by atoms with E-state index in [0.717, 1.165) is 5.70 Å². The molecule has 0 unspecified atom stereocenters. The highest BCUT2D eigenvalue weighted by molar-refractivity contribution is 5.90. The minimum atomic E-state index is 0.361. The summed E-state index contributed by atoms with van der Waals surface area (Å²) in [5, 5.41) is 7.21. The van der Waals surface area contributed by atoms with E-state index in [2.05, 4.69) is 5.43 Å². The van der Waals surface area contributed by atoms with E-state index in [1.54, 1.807) is 13.0 Å². The van der Waals surface area contributed by atoms with Gasteiger partial charge in [0.1, 0.15) is 0 Å². The lowest BCUT2D eigenvalue weighted by molar-refractivity contribution is -0.0161. The van der Waals surface area contributed by atoms with Gasteiger partial charge in [-0.3, -0.25) is 5.84 Å². The second-order valence-corrected chi connectivity index (χ2v) is 2.66. The van der Waals surface area contributed by atoms with Crippen molar-refractivity contribution in [2.24, 2.45) is 11.8 Å². The largest absolute Gasteiger partial charge is 0.380 e. The molecule has 4 heteroatoms. The number of rotatable bonds is 3. The zero-order chi connectivity index (χ0) is 8.27. The first-order valence-electron chi connectivity index (χ1n) is 3.55. The molecular weight excluding hydrogens is 142 g/mol. The zero-order valence-corrected chi connectivity index (χ0v) is 6.55. The van der Waals surface area contributed by atoms with E-state index in [9.17, 15) is 0 Å². The molecule has 1 rings (SSSR count). The molecule has 0 radical (unpaired) electrons. The van der Waals surface area contributed by atoms with Crippen LogP contribution < -0.4 is 11.3 Å². The Hall–Kier alpha value is -0.870. The Morgan fingerprint density at radius 3 is 2.64 bits per heavy atom. The summed E-state index contributed by atoms with van der Waals surface area (Å²) in [6, 6.07) is 0. The van der Waals surface area contributed by atoms with Crippen molar-refractivity contribution in [2.45, 2.75) is 6.92 Å². The Labute approximate surface area is 65.9 Å². The predicted molar refractivity (Wildman–Crippen MR) is 43.1 cm³/mol. The summed E-state index contributed by atoms with van der Waals surface area (Å²) in [4.78, 5) is 0. The Morgan fingerprint density at radius 2 is 2.36 bits per heavy atom. The summed E-state index contributed by atoms with van der Waals surface area (Å²) in [5.74, 6) is 5.62. The van der Waals surface area contributed by atoms with Crippen LogP contribution in [0.25, 0.3) is 0 Å². The number of nitrogens with two attached hydrogens (primary N) is 1. The molecule has 0 atom stereocenters. The predicted octanol–water partition coefficient (Wildman–Crippen LogP) is 0.0197. The minimum absolute atomic E-state index is 0.361. The number of ether oxygens (including phenoxy) is 1. The number of hydrazine groups is 1. The molecular formula is C7H13N3O. The first kappa shape index (κ1) is 8.23. The van der Waals surface area contributed by atoms with Crippen molar-refractivity contribution in [1.82, 2.24) is 5.43 Å². The fraction of sp³-hybridized carbons (Fsp3) is 0.571. The van der Waals surface area contributed by atoms with E-state index in [1.165, 1.54) is 0 Å². The molecule has 0 aromatic carbocycles. The van der Waals surface area contributed by atoms with Crippen molar-refractivity contribution in [2.75, 3.05) is 13.2 Å². The van der Waals surface area contributed by atoms with E-state index >= 15 is 0 Å². The van der Waals surface area contributed by atoms with E-state index in [-0.39, 0.29) is 0 Å². The first-order chi connectivity index (χ1) is 5.24. The molecule has 0 amide bonds. The first-order valence-corrected chi connectivity index (χ1v) is 3.55. The van der Waals surface area contributed by atoms with Gasteiger partial charge >= 0.3 is 0 Å². The Kier molecular flexibility index (Phi) is 2.62. The molecule has 0 bridgehead atoms. The Balaban J connectivity index is 2.53.